The van der Waals surface area contributed by atoms with E-state index in [0.717, 1.165) is 24.1 Å². The molecule has 1 fully saturated rings. The van der Waals surface area contributed by atoms with E-state index >= 15 is 0 Å². The molecule has 1 aromatic carbocycles. The summed E-state index contributed by atoms with van der Waals surface area (Å²) in [6, 6.07) is 7.13. The number of anilines is 1. The van der Waals surface area contributed by atoms with Crippen LogP contribution in [0.5, 0.6) is 0 Å². The summed E-state index contributed by atoms with van der Waals surface area (Å²) in [5.74, 6) is -0.105. The molecular formula is C13H17NO3. The Hall–Kier alpha value is -1.39. The summed E-state index contributed by atoms with van der Waals surface area (Å²) in [5.41, 5.74) is 0.852. The molecule has 0 saturated carbocycles. The molecule has 92 valence electrons. The Bertz CT molecular complexity index is 394. The molecule has 1 aliphatic heterocycles. The third-order valence-electron chi connectivity index (χ3n) is 3.09. The molecule has 1 aromatic rings. The fraction of sp³-hybridized carbons (Fsp3) is 0.462. The van der Waals surface area contributed by atoms with E-state index in [1.54, 1.807) is 24.3 Å². The minimum absolute atomic E-state index is 0.00898. The molecule has 4 heteroatoms. The van der Waals surface area contributed by atoms with Crippen LogP contribution in [0.3, 0.4) is 0 Å². The Morgan fingerprint density at radius 2 is 2.18 bits per heavy atom. The molecule has 0 aliphatic carbocycles. The predicted octanol–water partition coefficient (Wildman–Crippen LogP) is 1.69. The lowest BCUT2D eigenvalue weighted by Crippen LogP contribution is -2.39. The van der Waals surface area contributed by atoms with E-state index in [1.807, 2.05) is 6.92 Å². The summed E-state index contributed by atoms with van der Waals surface area (Å²) >= 11 is 0. The molecular weight excluding hydrogens is 218 g/mol. The van der Waals surface area contributed by atoms with Gasteiger partial charge >= 0.3 is 0 Å². The van der Waals surface area contributed by atoms with Gasteiger partial charge in [-0.25, -0.2) is 0 Å². The van der Waals surface area contributed by atoms with Crippen LogP contribution in [-0.2, 0) is 16.1 Å². The van der Waals surface area contributed by atoms with Crippen molar-refractivity contribution in [2.45, 2.75) is 32.0 Å². The first-order valence-corrected chi connectivity index (χ1v) is 5.79. The molecule has 1 atom stereocenters. The number of benzene rings is 1. The molecule has 0 aromatic heterocycles. The number of aliphatic hydroxyl groups is 1. The topological polar surface area (TPSA) is 58.6 Å². The maximum atomic E-state index is 12.0. The maximum Gasteiger partial charge on any atom is 0.256 e. The Labute approximate surface area is 101 Å². The van der Waals surface area contributed by atoms with Crippen molar-refractivity contribution < 1.29 is 14.6 Å². The van der Waals surface area contributed by atoms with Crippen molar-refractivity contribution in [2.24, 2.45) is 0 Å². The van der Waals surface area contributed by atoms with E-state index in [4.69, 9.17) is 9.84 Å². The third-order valence-corrected chi connectivity index (χ3v) is 3.09. The third kappa shape index (κ3) is 2.65. The Morgan fingerprint density at radius 3 is 2.71 bits per heavy atom. The SMILES string of the molecule is CC1(C(=O)Nc2ccc(CO)cc2)CCCO1. The predicted molar refractivity (Wildman–Crippen MR) is 64.6 cm³/mol. The van der Waals surface area contributed by atoms with Crippen LogP contribution in [0.2, 0.25) is 0 Å². The number of aliphatic hydroxyl groups excluding tert-OH is 1. The van der Waals surface area contributed by atoms with Crippen LogP contribution in [0.25, 0.3) is 0 Å². The van der Waals surface area contributed by atoms with E-state index in [9.17, 15) is 4.79 Å². The molecule has 0 spiro atoms. The minimum atomic E-state index is -0.699. The number of hydrogen-bond donors (Lipinski definition) is 2. The second-order valence-corrected chi connectivity index (χ2v) is 4.49. The zero-order valence-corrected chi connectivity index (χ0v) is 9.90. The lowest BCUT2D eigenvalue weighted by Gasteiger charge is -2.21. The monoisotopic (exact) mass is 235 g/mol. The largest absolute Gasteiger partial charge is 0.392 e. The van der Waals surface area contributed by atoms with Crippen molar-refractivity contribution in [3.63, 3.8) is 0 Å². The van der Waals surface area contributed by atoms with Crippen LogP contribution in [0.4, 0.5) is 5.69 Å². The zero-order chi connectivity index (χ0) is 12.3. The molecule has 1 aliphatic rings. The highest BCUT2D eigenvalue weighted by Gasteiger charge is 2.37. The number of nitrogens with one attached hydrogen (secondary N) is 1. The zero-order valence-electron chi connectivity index (χ0n) is 9.90. The lowest BCUT2D eigenvalue weighted by atomic mass is 10.0. The fourth-order valence-corrected chi connectivity index (χ4v) is 1.91. The highest BCUT2D eigenvalue weighted by Crippen LogP contribution is 2.26. The van der Waals surface area contributed by atoms with Gasteiger partial charge in [-0.05, 0) is 37.5 Å². The van der Waals surface area contributed by atoms with Crippen molar-refractivity contribution in [3.8, 4) is 0 Å². The van der Waals surface area contributed by atoms with Gasteiger partial charge in [-0.2, -0.15) is 0 Å². The van der Waals surface area contributed by atoms with Gasteiger partial charge in [-0.1, -0.05) is 12.1 Å². The first-order valence-electron chi connectivity index (χ1n) is 5.79. The molecule has 1 saturated heterocycles. The standard InChI is InChI=1S/C13H17NO3/c1-13(7-2-8-17-13)12(16)14-11-5-3-10(9-15)4-6-11/h3-6,15H,2,7-9H2,1H3,(H,14,16). The van der Waals surface area contributed by atoms with Crippen molar-refractivity contribution in [2.75, 3.05) is 11.9 Å². The highest BCUT2D eigenvalue weighted by atomic mass is 16.5. The van der Waals surface area contributed by atoms with Gasteiger partial charge in [0.15, 0.2) is 0 Å². The molecule has 1 unspecified atom stereocenters. The molecule has 2 N–H and O–H groups in total. The van der Waals surface area contributed by atoms with Crippen molar-refractivity contribution in [1.82, 2.24) is 0 Å². The van der Waals surface area contributed by atoms with Crippen LogP contribution in [0.15, 0.2) is 24.3 Å². The van der Waals surface area contributed by atoms with E-state index in [2.05, 4.69) is 5.32 Å². The highest BCUT2D eigenvalue weighted by molar-refractivity contribution is 5.97. The summed E-state index contributed by atoms with van der Waals surface area (Å²) in [6.45, 7) is 2.47. The van der Waals surface area contributed by atoms with E-state index in [1.165, 1.54) is 0 Å². The summed E-state index contributed by atoms with van der Waals surface area (Å²) in [5, 5.41) is 11.7. The second kappa shape index (κ2) is 4.85. The molecule has 2 rings (SSSR count). The van der Waals surface area contributed by atoms with Crippen molar-refractivity contribution >= 4 is 11.6 Å². The van der Waals surface area contributed by atoms with Crippen LogP contribution in [0.1, 0.15) is 25.3 Å². The second-order valence-electron chi connectivity index (χ2n) is 4.49. The van der Waals surface area contributed by atoms with E-state index in [0.29, 0.717) is 6.61 Å². The van der Waals surface area contributed by atoms with Gasteiger partial charge in [-0.3, -0.25) is 4.79 Å². The van der Waals surface area contributed by atoms with Crippen LogP contribution in [-0.4, -0.2) is 23.2 Å². The summed E-state index contributed by atoms with van der Waals surface area (Å²) < 4.78 is 5.47. The van der Waals surface area contributed by atoms with Gasteiger partial charge in [0.25, 0.3) is 5.91 Å². The molecule has 0 bridgehead atoms. The molecule has 17 heavy (non-hydrogen) atoms. The van der Waals surface area contributed by atoms with Crippen molar-refractivity contribution in [1.29, 1.82) is 0 Å². The number of carbonyl (C=O) groups is 1. The summed E-state index contributed by atoms with van der Waals surface area (Å²) in [7, 11) is 0. The Morgan fingerprint density at radius 1 is 1.47 bits per heavy atom. The van der Waals surface area contributed by atoms with Gasteiger partial charge in [-0.15, -0.1) is 0 Å². The summed E-state index contributed by atoms with van der Waals surface area (Å²) in [4.78, 5) is 12.0. The number of ether oxygens (including phenoxy) is 1. The van der Waals surface area contributed by atoms with Gasteiger partial charge in [0, 0.05) is 12.3 Å². The fourth-order valence-electron chi connectivity index (χ4n) is 1.91. The average Bonchev–Trinajstić information content (AvgIpc) is 2.78. The Balaban J connectivity index is 2.02. The average molecular weight is 235 g/mol. The van der Waals surface area contributed by atoms with Crippen LogP contribution < -0.4 is 5.32 Å². The molecule has 1 amide bonds. The van der Waals surface area contributed by atoms with Crippen LogP contribution >= 0.6 is 0 Å². The maximum absolute atomic E-state index is 12.0. The first kappa shape index (κ1) is 12.1. The first-order chi connectivity index (χ1) is 8.14. The van der Waals surface area contributed by atoms with Gasteiger partial charge in [0.1, 0.15) is 5.60 Å². The van der Waals surface area contributed by atoms with Gasteiger partial charge in [0.2, 0.25) is 0 Å². The Kier molecular flexibility index (Phi) is 3.45. The van der Waals surface area contributed by atoms with Gasteiger partial charge < -0.3 is 15.2 Å². The van der Waals surface area contributed by atoms with Crippen molar-refractivity contribution in [3.05, 3.63) is 29.8 Å². The molecule has 0 radical (unpaired) electrons. The van der Waals surface area contributed by atoms with Gasteiger partial charge in [0.05, 0.1) is 6.61 Å². The smallest absolute Gasteiger partial charge is 0.256 e. The van der Waals surface area contributed by atoms with E-state index < -0.39 is 5.60 Å². The van der Waals surface area contributed by atoms with Crippen LogP contribution in [0, 0.1) is 0 Å². The van der Waals surface area contributed by atoms with E-state index in [-0.39, 0.29) is 12.5 Å². The molecule has 4 nitrogen and oxygen atoms in total. The normalized spacial score (nSPS) is 23.6. The number of carbonyl (C=O) groups excluding carboxylic acids is 1. The number of hydrogen-bond acceptors (Lipinski definition) is 3. The summed E-state index contributed by atoms with van der Waals surface area (Å²) in [6.07, 6.45) is 1.68. The molecule has 1 heterocycles. The number of rotatable bonds is 3. The quantitative estimate of drug-likeness (QED) is 0.838. The lowest BCUT2D eigenvalue weighted by molar-refractivity contribution is -0.133. The number of amides is 1. The minimum Gasteiger partial charge on any atom is -0.392 e.